The number of carbonyl (C=O) groups excluding carboxylic acids is 1. The van der Waals surface area contributed by atoms with E-state index in [1.165, 1.54) is 0 Å². The molecule has 1 N–H and O–H groups in total. The Labute approximate surface area is 116 Å². The topological polar surface area (TPSA) is 38.3 Å². The lowest BCUT2D eigenvalue weighted by Crippen LogP contribution is -2.33. The van der Waals surface area contributed by atoms with Gasteiger partial charge < -0.3 is 10.1 Å². The first-order valence-corrected chi connectivity index (χ1v) is 6.79. The van der Waals surface area contributed by atoms with E-state index in [9.17, 15) is 18.0 Å². The van der Waals surface area contributed by atoms with Crippen molar-refractivity contribution in [2.75, 3.05) is 19.8 Å². The molecular formula is C12H21ClF3NO2. The molecule has 0 heterocycles. The van der Waals surface area contributed by atoms with Crippen molar-refractivity contribution in [3.8, 4) is 0 Å². The summed E-state index contributed by atoms with van der Waals surface area (Å²) in [7, 11) is 0. The molecule has 19 heavy (non-hydrogen) atoms. The molecule has 0 saturated carbocycles. The quantitative estimate of drug-likeness (QED) is 0.525. The van der Waals surface area contributed by atoms with E-state index >= 15 is 0 Å². The lowest BCUT2D eigenvalue weighted by Gasteiger charge is -2.19. The highest BCUT2D eigenvalue weighted by atomic mass is 35.5. The number of hydrogen-bond donors (Lipinski definition) is 1. The maximum atomic E-state index is 11.8. The first-order valence-electron chi connectivity index (χ1n) is 6.35. The first kappa shape index (κ1) is 18.5. The molecule has 1 atom stereocenters. The van der Waals surface area contributed by atoms with E-state index in [0.717, 1.165) is 12.8 Å². The summed E-state index contributed by atoms with van der Waals surface area (Å²) in [5, 5.41) is 2.44. The van der Waals surface area contributed by atoms with Gasteiger partial charge in [-0.3, -0.25) is 4.79 Å². The molecule has 0 rings (SSSR count). The molecule has 0 spiro atoms. The minimum Gasteiger partial charge on any atom is -0.372 e. The van der Waals surface area contributed by atoms with Gasteiger partial charge in [-0.2, -0.15) is 13.2 Å². The average Bonchev–Trinajstić information content (AvgIpc) is 2.32. The predicted octanol–water partition coefficient (Wildman–Crippen LogP) is 3.12. The van der Waals surface area contributed by atoms with Gasteiger partial charge in [-0.1, -0.05) is 26.7 Å². The number of carbonyl (C=O) groups is 1. The molecule has 0 aromatic heterocycles. The lowest BCUT2D eigenvalue weighted by atomic mass is 9.99. The molecule has 0 aliphatic heterocycles. The second kappa shape index (κ2) is 9.42. The summed E-state index contributed by atoms with van der Waals surface area (Å²) in [4.78, 5) is 11.3. The Hall–Kier alpha value is -0.490. The summed E-state index contributed by atoms with van der Waals surface area (Å²) in [6.07, 6.45) is -2.60. The molecule has 114 valence electrons. The molecule has 3 nitrogen and oxygen atoms in total. The first-order chi connectivity index (χ1) is 8.80. The van der Waals surface area contributed by atoms with Crippen LogP contribution in [-0.4, -0.2) is 37.2 Å². The van der Waals surface area contributed by atoms with Gasteiger partial charge in [0.2, 0.25) is 5.91 Å². The Bertz CT molecular complexity index is 258. The summed E-state index contributed by atoms with van der Waals surface area (Å²) in [5.41, 5.74) is 0. The molecule has 1 amide bonds. The zero-order chi connectivity index (χ0) is 14.9. The van der Waals surface area contributed by atoms with Crippen LogP contribution in [0, 0.1) is 5.92 Å². The second-order valence-electron chi connectivity index (χ2n) is 4.31. The number of halogens is 4. The van der Waals surface area contributed by atoms with Crippen LogP contribution in [-0.2, 0) is 9.53 Å². The van der Waals surface area contributed by atoms with Crippen molar-refractivity contribution in [3.05, 3.63) is 0 Å². The summed E-state index contributed by atoms with van der Waals surface area (Å²) in [6.45, 7) is 2.80. The summed E-state index contributed by atoms with van der Waals surface area (Å²) in [5.74, 6) is -0.0257. The van der Waals surface area contributed by atoms with Crippen molar-refractivity contribution in [1.29, 1.82) is 0 Å². The molecule has 0 radical (unpaired) electrons. The molecule has 0 aromatic rings. The van der Waals surface area contributed by atoms with Crippen LogP contribution in [0.1, 0.15) is 33.1 Å². The smallest absolute Gasteiger partial charge is 0.372 e. The monoisotopic (exact) mass is 303 g/mol. The highest BCUT2D eigenvalue weighted by Crippen LogP contribution is 2.17. The van der Waals surface area contributed by atoms with Crippen LogP contribution < -0.4 is 5.32 Å². The van der Waals surface area contributed by atoms with Crippen LogP contribution in [0.25, 0.3) is 0 Å². The summed E-state index contributed by atoms with van der Waals surface area (Å²) < 4.78 is 39.6. The molecule has 0 aliphatic carbocycles. The van der Waals surface area contributed by atoms with Crippen molar-refractivity contribution < 1.29 is 22.7 Å². The van der Waals surface area contributed by atoms with Gasteiger partial charge in [0.15, 0.2) is 0 Å². The average molecular weight is 304 g/mol. The Balaban J connectivity index is 3.70. The number of amides is 1. The highest BCUT2D eigenvalue weighted by Gasteiger charge is 2.27. The van der Waals surface area contributed by atoms with Gasteiger partial charge in [-0.15, -0.1) is 11.6 Å². The van der Waals surface area contributed by atoms with E-state index in [1.54, 1.807) is 0 Å². The summed E-state index contributed by atoms with van der Waals surface area (Å²) >= 11 is 6.12. The van der Waals surface area contributed by atoms with E-state index in [0.29, 0.717) is 12.5 Å². The van der Waals surface area contributed by atoms with Crippen LogP contribution in [0.5, 0.6) is 0 Å². The van der Waals surface area contributed by atoms with Gasteiger partial charge in [0.05, 0.1) is 12.0 Å². The SMILES string of the molecule is CCC(CC)C(Cl)CNC(=O)CCOCC(F)(F)F. The van der Waals surface area contributed by atoms with E-state index in [1.807, 2.05) is 13.8 Å². The summed E-state index contributed by atoms with van der Waals surface area (Å²) in [6, 6.07) is 0. The molecule has 0 bridgehead atoms. The third kappa shape index (κ3) is 10.0. The van der Waals surface area contributed by atoms with Crippen molar-refractivity contribution in [2.24, 2.45) is 5.92 Å². The molecule has 0 aliphatic rings. The van der Waals surface area contributed by atoms with Gasteiger partial charge in [0.1, 0.15) is 6.61 Å². The zero-order valence-electron chi connectivity index (χ0n) is 11.2. The fourth-order valence-corrected chi connectivity index (χ4v) is 2.05. The van der Waals surface area contributed by atoms with Crippen LogP contribution in [0.3, 0.4) is 0 Å². The standard InChI is InChI=1S/C12H21ClF3NO2/c1-3-9(4-2)10(13)7-17-11(18)5-6-19-8-12(14,15)16/h9-10H,3-8H2,1-2H3,(H,17,18). The maximum absolute atomic E-state index is 11.8. The van der Waals surface area contributed by atoms with Gasteiger partial charge >= 0.3 is 6.18 Å². The minimum absolute atomic E-state index is 0.0946. The van der Waals surface area contributed by atoms with Crippen molar-refractivity contribution in [2.45, 2.75) is 44.7 Å². The van der Waals surface area contributed by atoms with Crippen molar-refractivity contribution in [3.63, 3.8) is 0 Å². The normalized spacial score (nSPS) is 13.6. The van der Waals surface area contributed by atoms with Gasteiger partial charge in [0.25, 0.3) is 0 Å². The Kier molecular flexibility index (Phi) is 9.18. The molecule has 7 heteroatoms. The molecular weight excluding hydrogens is 283 g/mol. The largest absolute Gasteiger partial charge is 0.411 e. The Morgan fingerprint density at radius 2 is 1.89 bits per heavy atom. The van der Waals surface area contributed by atoms with E-state index in [4.69, 9.17) is 11.6 Å². The molecule has 0 fully saturated rings. The van der Waals surface area contributed by atoms with Crippen LogP contribution in [0.15, 0.2) is 0 Å². The van der Waals surface area contributed by atoms with E-state index < -0.39 is 12.8 Å². The van der Waals surface area contributed by atoms with E-state index in [-0.39, 0.29) is 24.3 Å². The third-order valence-electron chi connectivity index (χ3n) is 2.79. The highest BCUT2D eigenvalue weighted by molar-refractivity contribution is 6.21. The van der Waals surface area contributed by atoms with Crippen molar-refractivity contribution >= 4 is 17.5 Å². The number of rotatable bonds is 9. The number of hydrogen-bond acceptors (Lipinski definition) is 2. The Morgan fingerprint density at radius 3 is 2.37 bits per heavy atom. The Morgan fingerprint density at radius 1 is 1.32 bits per heavy atom. The van der Waals surface area contributed by atoms with Crippen LogP contribution >= 0.6 is 11.6 Å². The fraction of sp³-hybridized carbons (Fsp3) is 0.917. The molecule has 0 saturated heterocycles. The zero-order valence-corrected chi connectivity index (χ0v) is 12.0. The van der Waals surface area contributed by atoms with Crippen molar-refractivity contribution in [1.82, 2.24) is 5.32 Å². The minimum atomic E-state index is -4.35. The van der Waals surface area contributed by atoms with Crippen LogP contribution in [0.2, 0.25) is 0 Å². The van der Waals surface area contributed by atoms with Gasteiger partial charge in [-0.05, 0) is 5.92 Å². The number of ether oxygens (including phenoxy) is 1. The molecule has 0 aromatic carbocycles. The van der Waals surface area contributed by atoms with Gasteiger partial charge in [-0.25, -0.2) is 0 Å². The number of nitrogens with one attached hydrogen (secondary N) is 1. The molecule has 1 unspecified atom stereocenters. The number of alkyl halides is 4. The fourth-order valence-electron chi connectivity index (χ4n) is 1.62. The third-order valence-corrected chi connectivity index (χ3v) is 3.30. The maximum Gasteiger partial charge on any atom is 0.411 e. The van der Waals surface area contributed by atoms with E-state index in [2.05, 4.69) is 10.1 Å². The lowest BCUT2D eigenvalue weighted by molar-refractivity contribution is -0.174. The predicted molar refractivity (Wildman–Crippen MR) is 68.2 cm³/mol. The second-order valence-corrected chi connectivity index (χ2v) is 4.87. The van der Waals surface area contributed by atoms with Gasteiger partial charge in [0, 0.05) is 13.0 Å². The van der Waals surface area contributed by atoms with Crippen LogP contribution in [0.4, 0.5) is 13.2 Å².